The molecule has 0 aliphatic heterocycles. The smallest absolute Gasteiger partial charge is 0.162 e. The summed E-state index contributed by atoms with van der Waals surface area (Å²) in [5.74, 6) is 1.40. The molecule has 3 nitrogen and oxygen atoms in total. The molecule has 11 aromatic carbocycles. The predicted molar refractivity (Wildman–Crippen MR) is 326 cm³/mol. The van der Waals surface area contributed by atoms with Crippen LogP contribution in [0.3, 0.4) is 0 Å². The summed E-state index contributed by atoms with van der Waals surface area (Å²) in [5.41, 5.74) is 16.4. The Bertz CT molecular complexity index is 4210. The van der Waals surface area contributed by atoms with Crippen LogP contribution < -0.4 is 4.90 Å². The lowest BCUT2D eigenvalue weighted by Crippen LogP contribution is -2.17. The molecular formula is C72H51N3S. The van der Waals surface area contributed by atoms with Gasteiger partial charge in [-0.25, -0.2) is 9.97 Å². The predicted octanol–water partition coefficient (Wildman–Crippen LogP) is 20.4. The molecule has 13 rings (SSSR count). The quantitative estimate of drug-likeness (QED) is 0.121. The van der Waals surface area contributed by atoms with Gasteiger partial charge in [-0.1, -0.05) is 224 Å². The average Bonchev–Trinajstić information content (AvgIpc) is 3.89. The second-order valence-electron chi connectivity index (χ2n) is 19.3. The third-order valence-electron chi connectivity index (χ3n) is 14.6. The summed E-state index contributed by atoms with van der Waals surface area (Å²) in [4.78, 5) is 13.2. The van der Waals surface area contributed by atoms with Crippen molar-refractivity contribution in [2.24, 2.45) is 0 Å². The first-order valence-corrected chi connectivity index (χ1v) is 26.7. The monoisotopic (exact) mass is 989 g/mol. The van der Waals surface area contributed by atoms with Crippen molar-refractivity contribution in [1.82, 2.24) is 9.97 Å². The van der Waals surface area contributed by atoms with Crippen LogP contribution in [0.15, 0.2) is 267 Å². The zero-order valence-electron chi connectivity index (χ0n) is 42.2. The molecule has 0 atom stereocenters. The van der Waals surface area contributed by atoms with Crippen LogP contribution in [-0.2, 0) is 0 Å². The zero-order valence-corrected chi connectivity index (χ0v) is 43.0. The zero-order chi connectivity index (χ0) is 51.0. The summed E-state index contributed by atoms with van der Waals surface area (Å²) >= 11 is 1.86. The highest BCUT2D eigenvalue weighted by Crippen LogP contribution is 2.42. The first kappa shape index (κ1) is 46.3. The highest BCUT2D eigenvalue weighted by Gasteiger charge is 2.21. The van der Waals surface area contributed by atoms with Crippen molar-refractivity contribution in [2.45, 2.75) is 13.8 Å². The molecule has 0 spiro atoms. The van der Waals surface area contributed by atoms with Crippen molar-refractivity contribution in [2.75, 3.05) is 4.90 Å². The molecule has 13 aromatic rings. The fourth-order valence-corrected chi connectivity index (χ4v) is 11.9. The highest BCUT2D eigenvalue weighted by atomic mass is 32.1. The van der Waals surface area contributed by atoms with E-state index in [1.807, 2.05) is 11.3 Å². The van der Waals surface area contributed by atoms with Crippen LogP contribution in [0.5, 0.6) is 0 Å². The number of nitrogens with zero attached hydrogens (tertiary/aromatic N) is 3. The molecule has 0 bridgehead atoms. The van der Waals surface area contributed by atoms with Crippen molar-refractivity contribution in [3.63, 3.8) is 0 Å². The van der Waals surface area contributed by atoms with Gasteiger partial charge in [0, 0.05) is 48.7 Å². The van der Waals surface area contributed by atoms with E-state index in [1.165, 1.54) is 69.5 Å². The highest BCUT2D eigenvalue weighted by molar-refractivity contribution is 7.25. The third-order valence-corrected chi connectivity index (χ3v) is 15.7. The van der Waals surface area contributed by atoms with Gasteiger partial charge < -0.3 is 0 Å². The standard InChI is InChI=1S/C72H51N3S/c1-3-17-60-65(62-25-14-13-24-61(62)63-42-38-57(45-66(60)63)58-39-43-70-67(46-58)64-26-15-16-27-69(64)76-70)44-48(2)75(59-40-36-54(37-41-59)51-22-11-6-12-23-51)71-47-68(55-32-28-52(29-33-55)49-18-7-4-8-19-49)73-72(74-71)56-34-30-53(31-35-56)50-20-9-5-10-21-50/h3-47H,1-2H3/b17-3+,48-44+. The summed E-state index contributed by atoms with van der Waals surface area (Å²) in [6, 6.07) is 91.5. The number of anilines is 2. The molecule has 0 fully saturated rings. The lowest BCUT2D eigenvalue weighted by Gasteiger charge is -2.27. The van der Waals surface area contributed by atoms with E-state index in [9.17, 15) is 0 Å². The average molecular weight is 990 g/mol. The van der Waals surface area contributed by atoms with E-state index in [4.69, 9.17) is 9.97 Å². The van der Waals surface area contributed by atoms with Gasteiger partial charge in [-0.2, -0.15) is 0 Å². The molecule has 0 radical (unpaired) electrons. The van der Waals surface area contributed by atoms with E-state index < -0.39 is 0 Å². The van der Waals surface area contributed by atoms with Crippen LogP contribution in [0.25, 0.3) is 121 Å². The summed E-state index contributed by atoms with van der Waals surface area (Å²) in [6.07, 6.45) is 6.82. The third kappa shape index (κ3) is 8.85. The van der Waals surface area contributed by atoms with E-state index in [2.05, 4.69) is 292 Å². The molecule has 0 N–H and O–H groups in total. The number of hydrogen-bond donors (Lipinski definition) is 0. The van der Waals surface area contributed by atoms with Gasteiger partial charge in [0.05, 0.1) is 5.69 Å². The maximum Gasteiger partial charge on any atom is 0.162 e. The molecule has 0 aliphatic carbocycles. The molecule has 2 heterocycles. The summed E-state index contributed by atoms with van der Waals surface area (Å²) in [6.45, 7) is 4.33. The lowest BCUT2D eigenvalue weighted by atomic mass is 9.89. The Hall–Kier alpha value is -9.48. The Morgan fingerprint density at radius 1 is 0.368 bits per heavy atom. The van der Waals surface area contributed by atoms with E-state index in [0.717, 1.165) is 61.8 Å². The minimum atomic E-state index is 0.643. The second-order valence-corrected chi connectivity index (χ2v) is 20.4. The normalized spacial score (nSPS) is 11.8. The molecule has 0 saturated carbocycles. The van der Waals surface area contributed by atoms with Gasteiger partial charge in [-0.15, -0.1) is 11.3 Å². The molecule has 2 aromatic heterocycles. The molecule has 0 saturated heterocycles. The summed E-state index contributed by atoms with van der Waals surface area (Å²) < 4.78 is 2.62. The molecule has 76 heavy (non-hydrogen) atoms. The van der Waals surface area contributed by atoms with E-state index in [0.29, 0.717) is 5.82 Å². The van der Waals surface area contributed by atoms with Crippen molar-refractivity contribution < 1.29 is 0 Å². The fourth-order valence-electron chi connectivity index (χ4n) is 10.8. The summed E-state index contributed by atoms with van der Waals surface area (Å²) in [5, 5.41) is 7.41. The van der Waals surface area contributed by atoms with Gasteiger partial charge in [0.1, 0.15) is 5.82 Å². The van der Waals surface area contributed by atoms with Gasteiger partial charge >= 0.3 is 0 Å². The maximum atomic E-state index is 5.53. The Labute approximate surface area is 447 Å². The van der Waals surface area contributed by atoms with Gasteiger partial charge in [0.2, 0.25) is 0 Å². The number of allylic oxidation sites excluding steroid dienone is 2. The molecular weight excluding hydrogens is 939 g/mol. The van der Waals surface area contributed by atoms with Gasteiger partial charge in [0.15, 0.2) is 5.82 Å². The van der Waals surface area contributed by atoms with Crippen molar-refractivity contribution in [1.29, 1.82) is 0 Å². The van der Waals surface area contributed by atoms with Crippen LogP contribution in [0, 0.1) is 0 Å². The van der Waals surface area contributed by atoms with Crippen molar-refractivity contribution >= 4 is 76.7 Å². The molecule has 0 aliphatic rings. The van der Waals surface area contributed by atoms with Crippen molar-refractivity contribution in [3.05, 3.63) is 278 Å². The number of hydrogen-bond acceptors (Lipinski definition) is 4. The number of benzene rings is 11. The minimum absolute atomic E-state index is 0.643. The Morgan fingerprint density at radius 2 is 0.829 bits per heavy atom. The Kier molecular flexibility index (Phi) is 12.2. The topological polar surface area (TPSA) is 29.0 Å². The number of aromatic nitrogens is 2. The van der Waals surface area contributed by atoms with Gasteiger partial charge in [-0.05, 0) is 134 Å². The van der Waals surface area contributed by atoms with Crippen LogP contribution in [0.1, 0.15) is 25.0 Å². The minimum Gasteiger partial charge on any atom is -0.299 e. The Balaban J connectivity index is 1.00. The lowest BCUT2D eigenvalue weighted by molar-refractivity contribution is 1.08. The van der Waals surface area contributed by atoms with Crippen molar-refractivity contribution in [3.8, 4) is 67.2 Å². The van der Waals surface area contributed by atoms with E-state index in [-0.39, 0.29) is 0 Å². The molecule has 0 amide bonds. The van der Waals surface area contributed by atoms with Crippen LogP contribution >= 0.6 is 11.3 Å². The first-order chi connectivity index (χ1) is 37.5. The molecule has 360 valence electrons. The fraction of sp³-hybridized carbons (Fsp3) is 0.0278. The Morgan fingerprint density at radius 3 is 1.45 bits per heavy atom. The second kappa shape index (κ2) is 20.1. The van der Waals surface area contributed by atoms with E-state index in [1.54, 1.807) is 0 Å². The summed E-state index contributed by atoms with van der Waals surface area (Å²) in [7, 11) is 0. The molecule has 0 unspecified atom stereocenters. The SMILES string of the molecule is C/C=C/c1c(/C=C(\C)N(c2ccc(-c3ccccc3)cc2)c2cc(-c3ccc(-c4ccccc4)cc3)nc(-c3ccc(-c4ccccc4)cc3)n2)c2ccccc2c2ccc(-c3ccc4sc5ccccc5c4c3)cc12. The number of thiophene rings is 1. The number of fused-ring (bicyclic) bond motifs is 6. The van der Waals surface area contributed by atoms with Crippen LogP contribution in [-0.4, -0.2) is 9.97 Å². The maximum absolute atomic E-state index is 5.53. The van der Waals surface area contributed by atoms with Gasteiger partial charge in [-0.3, -0.25) is 4.90 Å². The van der Waals surface area contributed by atoms with Crippen LogP contribution in [0.4, 0.5) is 11.5 Å². The number of rotatable bonds is 11. The largest absolute Gasteiger partial charge is 0.299 e. The van der Waals surface area contributed by atoms with Crippen LogP contribution in [0.2, 0.25) is 0 Å². The van der Waals surface area contributed by atoms with E-state index >= 15 is 0 Å². The first-order valence-electron chi connectivity index (χ1n) is 25.9. The van der Waals surface area contributed by atoms with Gasteiger partial charge in [0.25, 0.3) is 0 Å². The molecule has 4 heteroatoms.